The van der Waals surface area contributed by atoms with Crippen LogP contribution in [0.5, 0.6) is 11.5 Å². The van der Waals surface area contributed by atoms with Crippen molar-refractivity contribution in [1.82, 2.24) is 0 Å². The number of ether oxygens (including phenoxy) is 3. The van der Waals surface area contributed by atoms with E-state index in [0.29, 0.717) is 11.5 Å². The van der Waals surface area contributed by atoms with Gasteiger partial charge in [-0.3, -0.25) is 0 Å². The smallest absolute Gasteiger partial charge is 0.333 e. The molecule has 0 radical (unpaired) electrons. The van der Waals surface area contributed by atoms with E-state index in [9.17, 15) is 9.90 Å². The van der Waals surface area contributed by atoms with Crippen LogP contribution in [0.25, 0.3) is 10.8 Å². The van der Waals surface area contributed by atoms with Crippen LogP contribution in [0.4, 0.5) is 0 Å². The number of carbonyl (C=O) groups is 1. The first-order valence-corrected chi connectivity index (χ1v) is 7.42. The predicted molar refractivity (Wildman–Crippen MR) is 88.9 cm³/mol. The van der Waals surface area contributed by atoms with Crippen LogP contribution in [0, 0.1) is 0 Å². The summed E-state index contributed by atoms with van der Waals surface area (Å²) in [5.74, 6) is 0.544. The van der Waals surface area contributed by atoms with E-state index in [0.717, 1.165) is 10.8 Å². The molecule has 0 saturated carbocycles. The van der Waals surface area contributed by atoms with Gasteiger partial charge < -0.3 is 24.4 Å². The van der Waals surface area contributed by atoms with Crippen LogP contribution in [-0.4, -0.2) is 42.3 Å². The molecule has 6 heteroatoms. The van der Waals surface area contributed by atoms with Gasteiger partial charge in [0.2, 0.25) is 0 Å². The van der Waals surface area contributed by atoms with Crippen molar-refractivity contribution in [2.45, 2.75) is 13.0 Å². The van der Waals surface area contributed by atoms with Gasteiger partial charge in [-0.15, -0.1) is 0 Å². The number of rotatable bonds is 8. The van der Waals surface area contributed by atoms with Crippen molar-refractivity contribution in [3.05, 3.63) is 48.6 Å². The highest BCUT2D eigenvalue weighted by molar-refractivity contribution is 5.93. The number of hydrogen-bond acceptors (Lipinski definition) is 6. The number of fused-ring (bicyclic) bond motifs is 1. The van der Waals surface area contributed by atoms with Gasteiger partial charge in [-0.1, -0.05) is 30.8 Å². The second-order valence-electron chi connectivity index (χ2n) is 5.22. The summed E-state index contributed by atoms with van der Waals surface area (Å²) in [7, 11) is 0. The zero-order chi connectivity index (χ0) is 17.5. The molecule has 0 aliphatic carbocycles. The van der Waals surface area contributed by atoms with E-state index in [1.807, 2.05) is 24.3 Å². The number of aliphatic hydroxyl groups excluding tert-OH is 2. The number of esters is 1. The van der Waals surface area contributed by atoms with Crippen molar-refractivity contribution in [2.75, 3.05) is 20.0 Å². The minimum Gasteiger partial charge on any atom is -0.490 e. The average molecular weight is 332 g/mol. The number of aliphatic hydroxyl groups is 2. The maximum atomic E-state index is 11.3. The number of carbonyl (C=O) groups excluding carboxylic acids is 1. The van der Waals surface area contributed by atoms with Gasteiger partial charge in [0, 0.05) is 16.3 Å². The summed E-state index contributed by atoms with van der Waals surface area (Å²) in [5.41, 5.74) is 0.272. The van der Waals surface area contributed by atoms with E-state index in [-0.39, 0.29) is 18.8 Å². The van der Waals surface area contributed by atoms with E-state index in [4.69, 9.17) is 19.3 Å². The first kappa shape index (κ1) is 17.8. The lowest BCUT2D eigenvalue weighted by atomic mass is 10.1. The van der Waals surface area contributed by atoms with Crippen molar-refractivity contribution in [2.24, 2.45) is 0 Å². The quantitative estimate of drug-likeness (QED) is 0.437. The van der Waals surface area contributed by atoms with Gasteiger partial charge in [0.25, 0.3) is 0 Å². The van der Waals surface area contributed by atoms with Crippen molar-refractivity contribution >= 4 is 16.7 Å². The van der Waals surface area contributed by atoms with E-state index >= 15 is 0 Å². The molecular weight excluding hydrogens is 312 g/mol. The second-order valence-corrected chi connectivity index (χ2v) is 5.22. The molecule has 6 nitrogen and oxygen atoms in total. The first-order valence-electron chi connectivity index (χ1n) is 7.42. The molecule has 1 unspecified atom stereocenters. The Morgan fingerprint density at radius 2 is 1.67 bits per heavy atom. The Morgan fingerprint density at radius 1 is 1.08 bits per heavy atom. The molecule has 0 saturated heterocycles. The Labute approximate surface area is 139 Å². The first-order chi connectivity index (χ1) is 11.5. The third-order valence-corrected chi connectivity index (χ3v) is 3.25. The molecule has 2 rings (SSSR count). The molecule has 2 aromatic rings. The highest BCUT2D eigenvalue weighted by atomic mass is 16.6. The molecule has 24 heavy (non-hydrogen) atoms. The number of benzene rings is 2. The lowest BCUT2D eigenvalue weighted by Gasteiger charge is -2.15. The molecule has 0 spiro atoms. The molecular formula is C18H20O6. The predicted octanol–water partition coefficient (Wildman–Crippen LogP) is 2.03. The molecule has 0 fully saturated rings. The van der Waals surface area contributed by atoms with Crippen LogP contribution in [0.3, 0.4) is 0 Å². The van der Waals surface area contributed by atoms with Crippen molar-refractivity contribution < 1.29 is 29.2 Å². The third-order valence-electron chi connectivity index (χ3n) is 3.25. The summed E-state index contributed by atoms with van der Waals surface area (Å²) in [6.07, 6.45) is -0.958. The molecule has 128 valence electrons. The van der Waals surface area contributed by atoms with Crippen LogP contribution in [-0.2, 0) is 9.53 Å². The van der Waals surface area contributed by atoms with E-state index in [2.05, 4.69) is 6.58 Å². The van der Waals surface area contributed by atoms with Crippen molar-refractivity contribution in [3.63, 3.8) is 0 Å². The largest absolute Gasteiger partial charge is 0.490 e. The maximum Gasteiger partial charge on any atom is 0.333 e. The molecule has 2 N–H and O–H groups in total. The van der Waals surface area contributed by atoms with Crippen molar-refractivity contribution in [3.8, 4) is 11.5 Å². The molecule has 0 aromatic heterocycles. The van der Waals surface area contributed by atoms with Crippen LogP contribution < -0.4 is 9.47 Å². The summed E-state index contributed by atoms with van der Waals surface area (Å²) in [6, 6.07) is 10.8. The average Bonchev–Trinajstić information content (AvgIpc) is 2.59. The van der Waals surface area contributed by atoms with Gasteiger partial charge in [-0.05, 0) is 19.1 Å². The van der Waals surface area contributed by atoms with Gasteiger partial charge in [-0.2, -0.15) is 0 Å². The number of hydrogen-bond donors (Lipinski definition) is 2. The third kappa shape index (κ3) is 4.47. The highest BCUT2D eigenvalue weighted by Gasteiger charge is 2.12. The van der Waals surface area contributed by atoms with E-state index in [1.165, 1.54) is 6.92 Å². The SMILES string of the molecule is C=C(C)C(=O)OCC(O)COc1ccc(OCO)c2ccccc12. The molecule has 0 bridgehead atoms. The van der Waals surface area contributed by atoms with Crippen molar-refractivity contribution in [1.29, 1.82) is 0 Å². The van der Waals surface area contributed by atoms with Gasteiger partial charge in [0.15, 0.2) is 6.79 Å². The topological polar surface area (TPSA) is 85.2 Å². The Morgan fingerprint density at radius 3 is 2.21 bits per heavy atom. The lowest BCUT2D eigenvalue weighted by Crippen LogP contribution is -2.25. The highest BCUT2D eigenvalue weighted by Crippen LogP contribution is 2.33. The summed E-state index contributed by atoms with van der Waals surface area (Å²) >= 11 is 0. The second kappa shape index (κ2) is 8.33. The van der Waals surface area contributed by atoms with Crippen LogP contribution in [0.2, 0.25) is 0 Å². The van der Waals surface area contributed by atoms with Crippen LogP contribution in [0.1, 0.15) is 6.92 Å². The Hall–Kier alpha value is -2.57. The fourth-order valence-electron chi connectivity index (χ4n) is 2.09. The minimum absolute atomic E-state index is 0.0341. The molecule has 0 aliphatic heterocycles. The fourth-order valence-corrected chi connectivity index (χ4v) is 2.09. The Kier molecular flexibility index (Phi) is 6.17. The fraction of sp³-hybridized carbons (Fsp3) is 0.278. The molecule has 0 amide bonds. The Balaban J connectivity index is 2.04. The summed E-state index contributed by atoms with van der Waals surface area (Å²) < 4.78 is 15.7. The maximum absolute atomic E-state index is 11.3. The van der Waals surface area contributed by atoms with Gasteiger partial charge >= 0.3 is 5.97 Å². The normalized spacial score (nSPS) is 11.8. The van der Waals surface area contributed by atoms with E-state index in [1.54, 1.807) is 12.1 Å². The van der Waals surface area contributed by atoms with Crippen LogP contribution in [0.15, 0.2) is 48.6 Å². The zero-order valence-corrected chi connectivity index (χ0v) is 13.4. The van der Waals surface area contributed by atoms with E-state index < -0.39 is 18.9 Å². The summed E-state index contributed by atoms with van der Waals surface area (Å²) in [6.45, 7) is 4.38. The van der Waals surface area contributed by atoms with Gasteiger partial charge in [-0.25, -0.2) is 4.79 Å². The van der Waals surface area contributed by atoms with Gasteiger partial charge in [0.05, 0.1) is 0 Å². The Bertz CT molecular complexity index is 725. The van der Waals surface area contributed by atoms with Gasteiger partial charge in [0.1, 0.15) is 30.8 Å². The molecule has 0 aliphatic rings. The minimum atomic E-state index is -0.958. The monoisotopic (exact) mass is 332 g/mol. The zero-order valence-electron chi connectivity index (χ0n) is 13.4. The molecule has 2 aromatic carbocycles. The lowest BCUT2D eigenvalue weighted by molar-refractivity contribution is -0.142. The van der Waals surface area contributed by atoms with Crippen LogP contribution >= 0.6 is 0 Å². The summed E-state index contributed by atoms with van der Waals surface area (Å²) in [5, 5.41) is 20.4. The summed E-state index contributed by atoms with van der Waals surface area (Å²) in [4.78, 5) is 11.3. The molecule has 1 atom stereocenters. The molecule has 0 heterocycles. The standard InChI is InChI=1S/C18H20O6/c1-12(2)18(21)23-10-13(20)9-22-16-7-8-17(24-11-19)15-6-4-3-5-14(15)16/h3-8,13,19-20H,1,9-11H2,2H3.